The van der Waals surface area contributed by atoms with Crippen molar-refractivity contribution < 1.29 is 9.90 Å². The lowest BCUT2D eigenvalue weighted by molar-refractivity contribution is -0.114. The van der Waals surface area contributed by atoms with E-state index in [1.807, 2.05) is 6.08 Å². The van der Waals surface area contributed by atoms with Gasteiger partial charge < -0.3 is 5.11 Å². The summed E-state index contributed by atoms with van der Waals surface area (Å²) >= 11 is 0. The first kappa shape index (κ1) is 18.7. The van der Waals surface area contributed by atoms with Crippen LogP contribution >= 0.6 is 0 Å². The van der Waals surface area contributed by atoms with E-state index >= 15 is 0 Å². The maximum atomic E-state index is 11.9. The molecule has 0 aromatic rings. The Balaban J connectivity index is 1.85. The molecule has 1 unspecified atom stereocenters. The standard InChI is InChI=1S/C24H31NO2/c1-4-23-10-9-19-18-8-6-17(26)13-16(18)5-7-20(19)22(23)14-21(15(2)3)24(23,27)11-12-25/h9-10,13,15,20-22,27H,4-8,11,14H2,1-3H3/t20-,21?,22+,23+,24+/m1/s1. The van der Waals surface area contributed by atoms with Gasteiger partial charge in [0.1, 0.15) is 0 Å². The molecule has 27 heavy (non-hydrogen) atoms. The summed E-state index contributed by atoms with van der Waals surface area (Å²) in [5.41, 5.74) is 2.80. The van der Waals surface area contributed by atoms with Crippen LogP contribution in [0.3, 0.4) is 0 Å². The molecule has 1 saturated carbocycles. The number of aliphatic hydroxyl groups is 1. The second-order valence-electron chi connectivity index (χ2n) is 9.39. The zero-order valence-electron chi connectivity index (χ0n) is 16.8. The second kappa shape index (κ2) is 6.45. The number of carbonyl (C=O) groups excluding carboxylic acids is 1. The average molecular weight is 366 g/mol. The van der Waals surface area contributed by atoms with E-state index in [9.17, 15) is 15.2 Å². The third-order valence-corrected chi connectivity index (χ3v) is 8.19. The molecule has 0 aliphatic heterocycles. The minimum absolute atomic E-state index is 0.154. The molecule has 1 fully saturated rings. The molecule has 4 rings (SSSR count). The van der Waals surface area contributed by atoms with E-state index in [0.717, 1.165) is 32.1 Å². The fourth-order valence-corrected chi connectivity index (χ4v) is 6.95. The maximum Gasteiger partial charge on any atom is 0.156 e. The summed E-state index contributed by atoms with van der Waals surface area (Å²) in [7, 11) is 0. The highest BCUT2D eigenvalue weighted by Crippen LogP contribution is 2.66. The first-order chi connectivity index (χ1) is 12.9. The summed E-state index contributed by atoms with van der Waals surface area (Å²) in [6.45, 7) is 6.55. The quantitative estimate of drug-likeness (QED) is 0.775. The summed E-state index contributed by atoms with van der Waals surface area (Å²) < 4.78 is 0. The molecule has 4 aliphatic rings. The number of fused-ring (bicyclic) bond motifs is 4. The largest absolute Gasteiger partial charge is 0.388 e. The number of nitrogens with zero attached hydrogens (tertiary/aromatic N) is 1. The molecular formula is C24H31NO2. The van der Waals surface area contributed by atoms with Crippen molar-refractivity contribution in [2.75, 3.05) is 0 Å². The normalized spacial score (nSPS) is 40.4. The number of hydrogen-bond donors (Lipinski definition) is 1. The Labute approximate surface area is 162 Å². The van der Waals surface area contributed by atoms with Crippen LogP contribution in [0, 0.1) is 40.4 Å². The fourth-order valence-electron chi connectivity index (χ4n) is 6.95. The van der Waals surface area contributed by atoms with Gasteiger partial charge in [0.25, 0.3) is 0 Å². The van der Waals surface area contributed by atoms with Crippen LogP contribution in [0.1, 0.15) is 65.7 Å². The van der Waals surface area contributed by atoms with Crippen LogP contribution in [0.25, 0.3) is 0 Å². The van der Waals surface area contributed by atoms with Crippen molar-refractivity contribution in [1.82, 2.24) is 0 Å². The van der Waals surface area contributed by atoms with Crippen LogP contribution in [0.15, 0.2) is 34.9 Å². The van der Waals surface area contributed by atoms with Gasteiger partial charge in [0, 0.05) is 11.8 Å². The van der Waals surface area contributed by atoms with E-state index in [2.05, 4.69) is 39.0 Å². The van der Waals surface area contributed by atoms with E-state index in [4.69, 9.17) is 0 Å². The average Bonchev–Trinajstić information content (AvgIpc) is 2.91. The molecule has 5 atom stereocenters. The smallest absolute Gasteiger partial charge is 0.156 e. The molecule has 0 aromatic heterocycles. The Morgan fingerprint density at radius 1 is 1.33 bits per heavy atom. The Hall–Kier alpha value is -1.66. The first-order valence-corrected chi connectivity index (χ1v) is 10.6. The molecule has 3 heteroatoms. The van der Waals surface area contributed by atoms with E-state index in [0.29, 0.717) is 24.2 Å². The van der Waals surface area contributed by atoms with Crippen LogP contribution < -0.4 is 0 Å². The highest BCUT2D eigenvalue weighted by molar-refractivity contribution is 5.93. The molecule has 0 radical (unpaired) electrons. The number of rotatable bonds is 3. The van der Waals surface area contributed by atoms with E-state index in [1.165, 1.54) is 16.7 Å². The van der Waals surface area contributed by atoms with Gasteiger partial charge in [0.2, 0.25) is 0 Å². The molecule has 0 bridgehead atoms. The fraction of sp³-hybridized carbons (Fsp3) is 0.667. The van der Waals surface area contributed by atoms with Crippen LogP contribution in [0.4, 0.5) is 0 Å². The third kappa shape index (κ3) is 2.46. The number of ketones is 1. The predicted molar refractivity (Wildman–Crippen MR) is 106 cm³/mol. The van der Waals surface area contributed by atoms with Crippen molar-refractivity contribution >= 4 is 5.78 Å². The van der Waals surface area contributed by atoms with Crippen LogP contribution in [0.2, 0.25) is 0 Å². The third-order valence-electron chi connectivity index (χ3n) is 8.19. The highest BCUT2D eigenvalue weighted by atomic mass is 16.3. The Morgan fingerprint density at radius 2 is 2.11 bits per heavy atom. The second-order valence-corrected chi connectivity index (χ2v) is 9.39. The minimum Gasteiger partial charge on any atom is -0.388 e. The van der Waals surface area contributed by atoms with Gasteiger partial charge in [-0.05, 0) is 78.6 Å². The van der Waals surface area contributed by atoms with Crippen LogP contribution in [-0.4, -0.2) is 16.5 Å². The van der Waals surface area contributed by atoms with Crippen LogP contribution in [0.5, 0.6) is 0 Å². The summed E-state index contributed by atoms with van der Waals surface area (Å²) in [4.78, 5) is 11.9. The molecule has 0 aromatic carbocycles. The van der Waals surface area contributed by atoms with Crippen molar-refractivity contribution in [1.29, 1.82) is 5.26 Å². The Morgan fingerprint density at radius 3 is 2.78 bits per heavy atom. The lowest BCUT2D eigenvalue weighted by atomic mass is 9.55. The zero-order valence-corrected chi connectivity index (χ0v) is 16.8. The van der Waals surface area contributed by atoms with E-state index in [-0.39, 0.29) is 23.5 Å². The van der Waals surface area contributed by atoms with Gasteiger partial charge in [0.15, 0.2) is 5.78 Å². The topological polar surface area (TPSA) is 61.1 Å². The molecule has 0 saturated heterocycles. The summed E-state index contributed by atoms with van der Waals surface area (Å²) in [5, 5.41) is 21.4. The van der Waals surface area contributed by atoms with Crippen molar-refractivity contribution in [3.8, 4) is 6.07 Å². The van der Waals surface area contributed by atoms with Crippen molar-refractivity contribution in [2.45, 2.75) is 71.3 Å². The maximum absolute atomic E-state index is 11.9. The van der Waals surface area contributed by atoms with Gasteiger partial charge in [-0.3, -0.25) is 4.79 Å². The van der Waals surface area contributed by atoms with Crippen LogP contribution in [-0.2, 0) is 4.79 Å². The molecule has 0 spiro atoms. The molecular weight excluding hydrogens is 334 g/mol. The lowest BCUT2D eigenvalue weighted by Crippen LogP contribution is -2.52. The molecule has 1 N–H and O–H groups in total. The minimum atomic E-state index is -0.944. The van der Waals surface area contributed by atoms with Gasteiger partial charge >= 0.3 is 0 Å². The van der Waals surface area contributed by atoms with E-state index < -0.39 is 5.60 Å². The van der Waals surface area contributed by atoms with Crippen molar-refractivity contribution in [3.63, 3.8) is 0 Å². The number of allylic oxidation sites excluding steroid dienone is 5. The summed E-state index contributed by atoms with van der Waals surface area (Å²) in [6.07, 6.45) is 12.0. The molecule has 0 heterocycles. The molecule has 4 aliphatic carbocycles. The summed E-state index contributed by atoms with van der Waals surface area (Å²) in [5.74, 6) is 1.61. The molecule has 0 amide bonds. The van der Waals surface area contributed by atoms with Gasteiger partial charge in [-0.15, -0.1) is 0 Å². The number of nitriles is 1. The van der Waals surface area contributed by atoms with Gasteiger partial charge in [-0.25, -0.2) is 0 Å². The highest BCUT2D eigenvalue weighted by Gasteiger charge is 2.65. The van der Waals surface area contributed by atoms with Gasteiger partial charge in [-0.2, -0.15) is 5.26 Å². The van der Waals surface area contributed by atoms with E-state index in [1.54, 1.807) is 0 Å². The predicted octanol–water partition coefficient (Wildman–Crippen LogP) is 4.89. The molecule has 3 nitrogen and oxygen atoms in total. The molecule has 144 valence electrons. The Kier molecular flexibility index (Phi) is 4.47. The zero-order chi connectivity index (χ0) is 19.4. The van der Waals surface area contributed by atoms with Crippen molar-refractivity contribution in [3.05, 3.63) is 34.9 Å². The summed E-state index contributed by atoms with van der Waals surface area (Å²) in [6, 6.07) is 2.31. The first-order valence-electron chi connectivity index (χ1n) is 10.6. The number of hydrogen-bond acceptors (Lipinski definition) is 3. The Bertz CT molecular complexity index is 796. The monoisotopic (exact) mass is 365 g/mol. The SMILES string of the molecule is CC[C@]12C=CC3=C4CCC(=O)C=C4CC[C@H]3[C@@H]1CC(C(C)C)[C@@]2(O)CC#N. The van der Waals surface area contributed by atoms with Crippen molar-refractivity contribution in [2.24, 2.45) is 29.1 Å². The lowest BCUT2D eigenvalue weighted by Gasteiger charge is -2.50. The number of carbonyl (C=O) groups is 1. The van der Waals surface area contributed by atoms with Gasteiger partial charge in [-0.1, -0.05) is 32.9 Å². The van der Waals surface area contributed by atoms with Gasteiger partial charge in [0.05, 0.1) is 18.1 Å².